The molecule has 2 rings (SSSR count). The summed E-state index contributed by atoms with van der Waals surface area (Å²) >= 11 is 0. The van der Waals surface area contributed by atoms with Gasteiger partial charge in [0.05, 0.1) is 5.69 Å². The van der Waals surface area contributed by atoms with E-state index in [1.807, 2.05) is 30.5 Å². The minimum atomic E-state index is -0.199. The maximum absolute atomic E-state index is 12.1. The number of nitrogens with zero attached hydrogens (tertiary/aromatic N) is 2. The largest absolute Gasteiger partial charge is 0.397 e. The van der Waals surface area contributed by atoms with E-state index >= 15 is 0 Å². The van der Waals surface area contributed by atoms with E-state index < -0.39 is 0 Å². The lowest BCUT2D eigenvalue weighted by Gasteiger charge is -2.08. The molecule has 2 heterocycles. The van der Waals surface area contributed by atoms with Gasteiger partial charge in [0, 0.05) is 18.9 Å². The molecule has 0 spiro atoms. The lowest BCUT2D eigenvalue weighted by atomic mass is 10.3. The van der Waals surface area contributed by atoms with Crippen LogP contribution in [0.5, 0.6) is 0 Å². The first-order valence-electron chi connectivity index (χ1n) is 5.80. The molecule has 0 fully saturated rings. The fourth-order valence-corrected chi connectivity index (χ4v) is 1.77. The topological polar surface area (TPSA) is 72.9 Å². The Balaban J connectivity index is 2.25. The van der Waals surface area contributed by atoms with Crippen LogP contribution in [0.25, 0.3) is 0 Å². The number of nitrogen functional groups attached to an aromatic ring is 1. The fourth-order valence-electron chi connectivity index (χ4n) is 1.77. The molecule has 0 bridgehead atoms. The molecule has 2 aromatic heterocycles. The molecule has 3 N–H and O–H groups in total. The van der Waals surface area contributed by atoms with Crippen LogP contribution in [0.4, 0.5) is 11.5 Å². The Hall–Kier alpha value is -2.30. The summed E-state index contributed by atoms with van der Waals surface area (Å²) in [5.41, 5.74) is 7.75. The number of anilines is 2. The molecule has 94 valence electrons. The van der Waals surface area contributed by atoms with Crippen molar-refractivity contribution in [3.8, 4) is 0 Å². The molecule has 1 amide bonds. The molecule has 0 aliphatic heterocycles. The number of amides is 1. The molecular weight excluding hydrogens is 228 g/mol. The van der Waals surface area contributed by atoms with Crippen molar-refractivity contribution in [2.75, 3.05) is 11.1 Å². The second kappa shape index (κ2) is 4.91. The van der Waals surface area contributed by atoms with Crippen molar-refractivity contribution in [1.82, 2.24) is 9.55 Å². The Morgan fingerprint density at radius 1 is 1.56 bits per heavy atom. The summed E-state index contributed by atoms with van der Waals surface area (Å²) in [6.07, 6.45) is 3.40. The lowest BCUT2D eigenvalue weighted by Crippen LogP contribution is -2.17. The van der Waals surface area contributed by atoms with Crippen LogP contribution < -0.4 is 11.1 Å². The highest BCUT2D eigenvalue weighted by atomic mass is 16.2. The summed E-state index contributed by atoms with van der Waals surface area (Å²) in [6.45, 7) is 4.55. The molecule has 0 saturated carbocycles. The van der Waals surface area contributed by atoms with Gasteiger partial charge in [0.2, 0.25) is 0 Å². The second-order valence-corrected chi connectivity index (χ2v) is 4.07. The van der Waals surface area contributed by atoms with Gasteiger partial charge in [-0.15, -0.1) is 0 Å². The summed E-state index contributed by atoms with van der Waals surface area (Å²) in [5, 5.41) is 2.79. The van der Waals surface area contributed by atoms with Crippen LogP contribution >= 0.6 is 0 Å². The number of nitrogens with one attached hydrogen (secondary N) is 1. The maximum atomic E-state index is 12.1. The van der Waals surface area contributed by atoms with E-state index in [-0.39, 0.29) is 5.91 Å². The van der Waals surface area contributed by atoms with E-state index in [0.29, 0.717) is 23.7 Å². The predicted octanol–water partition coefficient (Wildman–Crippen LogP) is 2.05. The first kappa shape index (κ1) is 12.2. The number of nitrogens with two attached hydrogens (primary N) is 1. The van der Waals surface area contributed by atoms with Crippen LogP contribution in [0.1, 0.15) is 23.0 Å². The second-order valence-electron chi connectivity index (χ2n) is 4.07. The number of carbonyl (C=O) groups is 1. The minimum Gasteiger partial charge on any atom is -0.397 e. The number of aryl methyl sites for hydroxylation is 2. The Bertz CT molecular complexity index is 574. The average molecular weight is 244 g/mol. The molecule has 18 heavy (non-hydrogen) atoms. The molecule has 0 aliphatic carbocycles. The third kappa shape index (κ3) is 2.34. The van der Waals surface area contributed by atoms with E-state index in [4.69, 9.17) is 5.73 Å². The van der Waals surface area contributed by atoms with Crippen LogP contribution in [0.3, 0.4) is 0 Å². The van der Waals surface area contributed by atoms with Crippen molar-refractivity contribution < 1.29 is 4.79 Å². The number of hydrogen-bond acceptors (Lipinski definition) is 3. The molecule has 5 heteroatoms. The van der Waals surface area contributed by atoms with Gasteiger partial charge in [0.1, 0.15) is 11.5 Å². The molecule has 0 atom stereocenters. The highest BCUT2D eigenvalue weighted by Gasteiger charge is 2.13. The van der Waals surface area contributed by atoms with Gasteiger partial charge in [-0.1, -0.05) is 6.07 Å². The molecule has 5 nitrogen and oxygen atoms in total. The molecule has 0 unspecified atom stereocenters. The van der Waals surface area contributed by atoms with Crippen molar-refractivity contribution >= 4 is 17.4 Å². The van der Waals surface area contributed by atoms with Gasteiger partial charge < -0.3 is 15.6 Å². The Morgan fingerprint density at radius 3 is 3.00 bits per heavy atom. The first-order chi connectivity index (χ1) is 8.61. The minimum absolute atomic E-state index is 0.199. The number of hydrogen-bond donors (Lipinski definition) is 2. The van der Waals surface area contributed by atoms with Crippen molar-refractivity contribution in [2.24, 2.45) is 0 Å². The molecule has 0 aliphatic rings. The van der Waals surface area contributed by atoms with Gasteiger partial charge in [-0.05, 0) is 31.5 Å². The first-order valence-corrected chi connectivity index (χ1v) is 5.80. The summed E-state index contributed by atoms with van der Waals surface area (Å²) in [7, 11) is 0. The zero-order valence-electron chi connectivity index (χ0n) is 10.5. The SMILES string of the molecule is CCn1cc(N)cc1C(=O)Nc1ncccc1C. The fraction of sp³-hybridized carbons (Fsp3) is 0.231. The summed E-state index contributed by atoms with van der Waals surface area (Å²) < 4.78 is 1.81. The van der Waals surface area contributed by atoms with Gasteiger partial charge in [-0.2, -0.15) is 0 Å². The Labute approximate surface area is 106 Å². The molecule has 0 saturated heterocycles. The average Bonchev–Trinajstić information content (AvgIpc) is 2.73. The predicted molar refractivity (Wildman–Crippen MR) is 71.4 cm³/mol. The van der Waals surface area contributed by atoms with E-state index in [0.717, 1.165) is 5.56 Å². The van der Waals surface area contributed by atoms with Gasteiger partial charge in [0.15, 0.2) is 0 Å². The third-order valence-corrected chi connectivity index (χ3v) is 2.73. The highest BCUT2D eigenvalue weighted by Crippen LogP contribution is 2.14. The van der Waals surface area contributed by atoms with Crippen LogP contribution in [-0.4, -0.2) is 15.5 Å². The number of carbonyl (C=O) groups excluding carboxylic acids is 1. The van der Waals surface area contributed by atoms with Crippen molar-refractivity contribution in [3.05, 3.63) is 41.9 Å². The maximum Gasteiger partial charge on any atom is 0.273 e. The highest BCUT2D eigenvalue weighted by molar-refractivity contribution is 6.03. The zero-order chi connectivity index (χ0) is 13.1. The number of pyridine rings is 1. The summed E-state index contributed by atoms with van der Waals surface area (Å²) in [4.78, 5) is 16.3. The molecular formula is C13H16N4O. The van der Waals surface area contributed by atoms with E-state index in [9.17, 15) is 4.79 Å². The van der Waals surface area contributed by atoms with Crippen molar-refractivity contribution in [1.29, 1.82) is 0 Å². The van der Waals surface area contributed by atoms with Crippen molar-refractivity contribution in [2.45, 2.75) is 20.4 Å². The smallest absolute Gasteiger partial charge is 0.273 e. The lowest BCUT2D eigenvalue weighted by molar-refractivity contribution is 0.101. The molecule has 2 aromatic rings. The van der Waals surface area contributed by atoms with Gasteiger partial charge in [0.25, 0.3) is 5.91 Å². The zero-order valence-corrected chi connectivity index (χ0v) is 10.5. The number of rotatable bonds is 3. The van der Waals surface area contributed by atoms with Gasteiger partial charge in [-0.25, -0.2) is 4.98 Å². The van der Waals surface area contributed by atoms with Crippen LogP contribution in [0, 0.1) is 6.92 Å². The Kier molecular flexibility index (Phi) is 3.32. The third-order valence-electron chi connectivity index (χ3n) is 2.73. The standard InChI is InChI=1S/C13H16N4O/c1-3-17-8-10(14)7-11(17)13(18)16-12-9(2)5-4-6-15-12/h4-8H,3,14H2,1-2H3,(H,15,16,18). The van der Waals surface area contributed by atoms with Gasteiger partial charge >= 0.3 is 0 Å². The Morgan fingerprint density at radius 2 is 2.33 bits per heavy atom. The van der Waals surface area contributed by atoms with Gasteiger partial charge in [-0.3, -0.25) is 4.79 Å². The van der Waals surface area contributed by atoms with Crippen LogP contribution in [-0.2, 0) is 6.54 Å². The number of aromatic nitrogens is 2. The molecule has 0 aromatic carbocycles. The van der Waals surface area contributed by atoms with Crippen molar-refractivity contribution in [3.63, 3.8) is 0 Å². The summed E-state index contributed by atoms with van der Waals surface area (Å²) in [5.74, 6) is 0.375. The normalized spacial score (nSPS) is 10.3. The van der Waals surface area contributed by atoms with Crippen LogP contribution in [0.2, 0.25) is 0 Å². The van der Waals surface area contributed by atoms with E-state index in [1.54, 1.807) is 18.5 Å². The monoisotopic (exact) mass is 244 g/mol. The van der Waals surface area contributed by atoms with E-state index in [2.05, 4.69) is 10.3 Å². The summed E-state index contributed by atoms with van der Waals surface area (Å²) in [6, 6.07) is 5.39. The van der Waals surface area contributed by atoms with E-state index in [1.165, 1.54) is 0 Å². The van der Waals surface area contributed by atoms with Crippen LogP contribution in [0.15, 0.2) is 30.6 Å². The quantitative estimate of drug-likeness (QED) is 0.867. The molecule has 0 radical (unpaired) electrons.